The van der Waals surface area contributed by atoms with Gasteiger partial charge in [-0.15, -0.1) is 0 Å². The lowest BCUT2D eigenvalue weighted by Gasteiger charge is -2.35. The zero-order chi connectivity index (χ0) is 22.6. The van der Waals surface area contributed by atoms with E-state index in [0.717, 1.165) is 75.0 Å². The molecule has 1 saturated heterocycles. The van der Waals surface area contributed by atoms with E-state index in [1.807, 2.05) is 19.1 Å². The number of hydrogen-bond acceptors (Lipinski definition) is 6. The van der Waals surface area contributed by atoms with E-state index in [0.29, 0.717) is 6.61 Å². The topological polar surface area (TPSA) is 43.4 Å². The molecule has 0 aliphatic carbocycles. The van der Waals surface area contributed by atoms with Gasteiger partial charge in [0.15, 0.2) is 11.5 Å². The highest BCUT2D eigenvalue weighted by molar-refractivity contribution is 5.44. The Kier molecular flexibility index (Phi) is 7.11. The molecule has 0 radical (unpaired) electrons. The minimum Gasteiger partial charge on any atom is -0.497 e. The van der Waals surface area contributed by atoms with Gasteiger partial charge in [-0.3, -0.25) is 4.90 Å². The van der Waals surface area contributed by atoms with Gasteiger partial charge in [0, 0.05) is 38.2 Å². The highest BCUT2D eigenvalue weighted by Crippen LogP contribution is 2.38. The molecule has 1 atom stereocenters. The molecular formula is C26H36N2O4. The van der Waals surface area contributed by atoms with Crippen molar-refractivity contribution < 1.29 is 18.9 Å². The van der Waals surface area contributed by atoms with Crippen molar-refractivity contribution in [3.8, 4) is 23.0 Å². The number of methoxy groups -OCH3 is 2. The molecule has 6 nitrogen and oxygen atoms in total. The highest BCUT2D eigenvalue weighted by Gasteiger charge is 2.39. The molecule has 2 aliphatic rings. The van der Waals surface area contributed by atoms with Crippen LogP contribution in [-0.4, -0.2) is 62.9 Å². The normalized spacial score (nSPS) is 21.9. The summed E-state index contributed by atoms with van der Waals surface area (Å²) in [6, 6.07) is 12.4. The summed E-state index contributed by atoms with van der Waals surface area (Å²) in [5.41, 5.74) is 2.20. The van der Waals surface area contributed by atoms with Gasteiger partial charge in [0.05, 0.1) is 20.8 Å². The Morgan fingerprint density at radius 2 is 1.88 bits per heavy atom. The van der Waals surface area contributed by atoms with E-state index in [2.05, 4.69) is 41.1 Å². The number of likely N-dealkylation sites (tertiary alicyclic amines) is 1. The van der Waals surface area contributed by atoms with Gasteiger partial charge < -0.3 is 23.8 Å². The fourth-order valence-corrected chi connectivity index (χ4v) is 4.89. The first-order valence-corrected chi connectivity index (χ1v) is 11.6. The zero-order valence-electron chi connectivity index (χ0n) is 19.9. The van der Waals surface area contributed by atoms with Crippen molar-refractivity contribution in [1.82, 2.24) is 9.80 Å². The smallest absolute Gasteiger partial charge is 0.161 e. The molecule has 1 spiro atoms. The summed E-state index contributed by atoms with van der Waals surface area (Å²) in [4.78, 5) is 4.92. The molecule has 6 heteroatoms. The highest BCUT2D eigenvalue weighted by atomic mass is 16.5. The van der Waals surface area contributed by atoms with Gasteiger partial charge in [-0.05, 0) is 69.3 Å². The maximum atomic E-state index is 6.81. The van der Waals surface area contributed by atoms with Crippen molar-refractivity contribution in [2.75, 3.05) is 47.5 Å². The van der Waals surface area contributed by atoms with Crippen LogP contribution in [0.1, 0.15) is 37.3 Å². The lowest BCUT2D eigenvalue weighted by Crippen LogP contribution is -2.46. The number of ether oxygens (including phenoxy) is 4. The first-order valence-electron chi connectivity index (χ1n) is 11.6. The Balaban J connectivity index is 1.64. The fourth-order valence-electron chi connectivity index (χ4n) is 4.89. The lowest BCUT2D eigenvalue weighted by atomic mass is 9.93. The van der Waals surface area contributed by atoms with Crippen LogP contribution in [0.15, 0.2) is 36.4 Å². The molecule has 2 aromatic carbocycles. The third kappa shape index (κ3) is 5.13. The van der Waals surface area contributed by atoms with Gasteiger partial charge in [-0.1, -0.05) is 6.07 Å². The minimum absolute atomic E-state index is 0.181. The average Bonchev–Trinajstić information content (AvgIpc) is 3.06. The van der Waals surface area contributed by atoms with Gasteiger partial charge in [-0.25, -0.2) is 0 Å². The number of hydrogen-bond donors (Lipinski definition) is 0. The molecule has 0 amide bonds. The van der Waals surface area contributed by atoms with E-state index in [1.54, 1.807) is 14.2 Å². The van der Waals surface area contributed by atoms with Gasteiger partial charge in [0.25, 0.3) is 0 Å². The van der Waals surface area contributed by atoms with Gasteiger partial charge in [0.2, 0.25) is 0 Å². The van der Waals surface area contributed by atoms with E-state index < -0.39 is 0 Å². The maximum Gasteiger partial charge on any atom is 0.161 e. The van der Waals surface area contributed by atoms with Gasteiger partial charge in [-0.2, -0.15) is 0 Å². The third-order valence-electron chi connectivity index (χ3n) is 6.56. The Labute approximate surface area is 192 Å². The van der Waals surface area contributed by atoms with Crippen molar-refractivity contribution in [1.29, 1.82) is 0 Å². The summed E-state index contributed by atoms with van der Waals surface area (Å²) in [7, 11) is 5.62. The Bertz CT molecular complexity index is 919. The van der Waals surface area contributed by atoms with Crippen LogP contribution in [0.5, 0.6) is 23.0 Å². The largest absolute Gasteiger partial charge is 0.497 e. The van der Waals surface area contributed by atoms with Crippen molar-refractivity contribution in [3.63, 3.8) is 0 Å². The van der Waals surface area contributed by atoms with Crippen LogP contribution >= 0.6 is 0 Å². The maximum absolute atomic E-state index is 6.81. The molecule has 0 N–H and O–H groups in total. The predicted octanol–water partition coefficient (Wildman–Crippen LogP) is 4.35. The van der Waals surface area contributed by atoms with Crippen LogP contribution in [0, 0.1) is 0 Å². The monoisotopic (exact) mass is 440 g/mol. The molecule has 2 aromatic rings. The van der Waals surface area contributed by atoms with E-state index in [9.17, 15) is 0 Å². The van der Waals surface area contributed by atoms with Crippen molar-refractivity contribution in [2.24, 2.45) is 0 Å². The summed E-state index contributed by atoms with van der Waals surface area (Å²) in [5, 5.41) is 0. The molecule has 0 saturated carbocycles. The van der Waals surface area contributed by atoms with Crippen LogP contribution in [0.3, 0.4) is 0 Å². The van der Waals surface area contributed by atoms with Crippen LogP contribution in [0.4, 0.5) is 0 Å². The Hall–Kier alpha value is -2.44. The number of benzene rings is 2. The molecule has 4 rings (SSSR count). The molecule has 0 unspecified atom stereocenters. The van der Waals surface area contributed by atoms with Gasteiger partial charge >= 0.3 is 0 Å². The second-order valence-corrected chi connectivity index (χ2v) is 8.98. The molecule has 1 fully saturated rings. The summed E-state index contributed by atoms with van der Waals surface area (Å²) in [6.07, 6.45) is 3.23. The molecule has 0 aromatic heterocycles. The Morgan fingerprint density at radius 1 is 1.00 bits per heavy atom. The zero-order valence-corrected chi connectivity index (χ0v) is 19.9. The van der Waals surface area contributed by atoms with E-state index in [1.165, 1.54) is 11.1 Å². The first kappa shape index (κ1) is 22.7. The van der Waals surface area contributed by atoms with Crippen LogP contribution in [0.25, 0.3) is 0 Å². The van der Waals surface area contributed by atoms with Crippen molar-refractivity contribution in [2.45, 2.75) is 44.9 Å². The SMILES string of the molecule is CCOc1ccc(CN2Cc3cc(OC)ccc3O[C@]3(CCCN(C)CC3)C2)cc1OC. The number of rotatable bonds is 6. The quantitative estimate of drug-likeness (QED) is 0.665. The lowest BCUT2D eigenvalue weighted by molar-refractivity contribution is 0.0221. The van der Waals surface area contributed by atoms with Crippen molar-refractivity contribution >= 4 is 0 Å². The number of nitrogens with zero attached hydrogens (tertiary/aromatic N) is 2. The van der Waals surface area contributed by atoms with Crippen LogP contribution in [0.2, 0.25) is 0 Å². The van der Waals surface area contributed by atoms with E-state index >= 15 is 0 Å². The average molecular weight is 441 g/mol. The summed E-state index contributed by atoms with van der Waals surface area (Å²) in [6.45, 7) is 7.31. The van der Waals surface area contributed by atoms with E-state index in [4.69, 9.17) is 18.9 Å². The van der Waals surface area contributed by atoms with E-state index in [-0.39, 0.29) is 5.60 Å². The minimum atomic E-state index is -0.181. The molecule has 2 heterocycles. The Morgan fingerprint density at radius 3 is 2.66 bits per heavy atom. The molecule has 32 heavy (non-hydrogen) atoms. The molecule has 0 bridgehead atoms. The molecule has 174 valence electrons. The van der Waals surface area contributed by atoms with Gasteiger partial charge in [0.1, 0.15) is 17.1 Å². The standard InChI is InChI=1S/C26H36N2O4/c1-5-31-24-9-7-20(15-25(24)30-4)17-28-18-21-16-22(29-3)8-10-23(21)32-26(19-28)11-6-13-27(2)14-12-26/h7-10,15-16H,5-6,11-14,17-19H2,1-4H3/t26-/m0/s1. The summed E-state index contributed by atoms with van der Waals surface area (Å²) >= 11 is 0. The number of fused-ring (bicyclic) bond motifs is 1. The first-order chi connectivity index (χ1) is 15.5. The second kappa shape index (κ2) is 10.0. The van der Waals surface area contributed by atoms with Crippen molar-refractivity contribution in [3.05, 3.63) is 47.5 Å². The molecular weight excluding hydrogens is 404 g/mol. The summed E-state index contributed by atoms with van der Waals surface area (Å²) < 4.78 is 23.6. The summed E-state index contributed by atoms with van der Waals surface area (Å²) in [5.74, 6) is 3.42. The van der Waals surface area contributed by atoms with Crippen LogP contribution in [-0.2, 0) is 13.1 Å². The predicted molar refractivity (Wildman–Crippen MR) is 126 cm³/mol. The van der Waals surface area contributed by atoms with Crippen LogP contribution < -0.4 is 18.9 Å². The second-order valence-electron chi connectivity index (χ2n) is 8.98. The third-order valence-corrected chi connectivity index (χ3v) is 6.56. The fraction of sp³-hybridized carbons (Fsp3) is 0.538. The molecule has 2 aliphatic heterocycles.